The van der Waals surface area contributed by atoms with Crippen LogP contribution in [0.3, 0.4) is 0 Å². The zero-order valence-corrected chi connectivity index (χ0v) is 19.8. The number of carbonyl (C=O) groups excluding carboxylic acids is 1. The molecule has 34 heavy (non-hydrogen) atoms. The molecule has 1 aromatic heterocycles. The normalized spacial score (nSPS) is 14.6. The topological polar surface area (TPSA) is 72.2 Å². The summed E-state index contributed by atoms with van der Waals surface area (Å²) in [4.78, 5) is 17.7. The smallest absolute Gasteiger partial charge is 0.222 e. The largest absolute Gasteiger partial charge is 0.356 e. The Hall–Kier alpha value is -3.77. The highest BCUT2D eigenvalue weighted by atomic mass is 35.5. The van der Waals surface area contributed by atoms with Crippen molar-refractivity contribution < 1.29 is 4.79 Å². The van der Waals surface area contributed by atoms with Crippen LogP contribution in [0.4, 0.5) is 0 Å². The van der Waals surface area contributed by atoms with Gasteiger partial charge in [0.1, 0.15) is 11.9 Å². The van der Waals surface area contributed by atoms with Crippen molar-refractivity contribution in [3.05, 3.63) is 101 Å². The van der Waals surface area contributed by atoms with Gasteiger partial charge in [-0.3, -0.25) is 14.4 Å². The Balaban J connectivity index is 1.75. The second kappa shape index (κ2) is 9.23. The summed E-state index contributed by atoms with van der Waals surface area (Å²) in [7, 11) is 0. The Morgan fingerprint density at radius 1 is 0.971 bits per heavy atom. The van der Waals surface area contributed by atoms with Crippen LogP contribution in [0.5, 0.6) is 0 Å². The Morgan fingerprint density at radius 3 is 2.44 bits per heavy atom. The van der Waals surface area contributed by atoms with E-state index in [0.717, 1.165) is 39.5 Å². The van der Waals surface area contributed by atoms with E-state index in [1.54, 1.807) is 0 Å². The molecule has 0 saturated heterocycles. The zero-order chi connectivity index (χ0) is 23.7. The third kappa shape index (κ3) is 4.13. The minimum Gasteiger partial charge on any atom is -0.356 e. The highest BCUT2D eigenvalue weighted by molar-refractivity contribution is 6.30. The van der Waals surface area contributed by atoms with Crippen LogP contribution in [-0.2, 0) is 4.79 Å². The fraction of sp³-hybridized carbons (Fsp3) is 0.185. The molecule has 6 nitrogen and oxygen atoms in total. The van der Waals surface area contributed by atoms with E-state index in [4.69, 9.17) is 16.6 Å². The van der Waals surface area contributed by atoms with Crippen molar-refractivity contribution >= 4 is 23.2 Å². The number of hydrogen-bond donors (Lipinski definition) is 1. The van der Waals surface area contributed by atoms with Gasteiger partial charge < -0.3 is 5.32 Å². The van der Waals surface area contributed by atoms with Gasteiger partial charge in [0.15, 0.2) is 5.82 Å². The average molecular weight is 470 g/mol. The quantitative estimate of drug-likeness (QED) is 0.430. The predicted molar refractivity (Wildman–Crippen MR) is 135 cm³/mol. The van der Waals surface area contributed by atoms with Gasteiger partial charge in [0.2, 0.25) is 5.91 Å². The first-order chi connectivity index (χ1) is 16.5. The zero-order valence-electron chi connectivity index (χ0n) is 19.0. The number of halogens is 1. The molecule has 7 heteroatoms. The Kier molecular flexibility index (Phi) is 5.99. The molecule has 0 radical (unpaired) electrons. The van der Waals surface area contributed by atoms with E-state index in [-0.39, 0.29) is 12.3 Å². The van der Waals surface area contributed by atoms with Crippen molar-refractivity contribution in [3.8, 4) is 16.8 Å². The fourth-order valence-electron chi connectivity index (χ4n) is 4.33. The van der Waals surface area contributed by atoms with Crippen molar-refractivity contribution in [1.29, 1.82) is 0 Å². The van der Waals surface area contributed by atoms with Crippen LogP contribution in [-0.4, -0.2) is 32.9 Å². The third-order valence-corrected chi connectivity index (χ3v) is 6.15. The van der Waals surface area contributed by atoms with Crippen LogP contribution in [0.2, 0.25) is 5.02 Å². The molecule has 1 amide bonds. The van der Waals surface area contributed by atoms with Crippen molar-refractivity contribution in [1.82, 2.24) is 20.1 Å². The van der Waals surface area contributed by atoms with E-state index in [0.29, 0.717) is 17.4 Å². The summed E-state index contributed by atoms with van der Waals surface area (Å²) in [6.45, 7) is 4.38. The van der Waals surface area contributed by atoms with Gasteiger partial charge in [-0.25, -0.2) is 0 Å². The van der Waals surface area contributed by atoms with Gasteiger partial charge in [0.05, 0.1) is 17.8 Å². The molecular weight excluding hydrogens is 446 g/mol. The van der Waals surface area contributed by atoms with E-state index >= 15 is 0 Å². The highest BCUT2D eigenvalue weighted by Crippen LogP contribution is 2.35. The SMILES string of the molecule is CCNC(=O)CC1N=C(c2ccc(Cl)cc2)c2cc(-c3ccccc3)ccc2-n2c(C)nnc21. The van der Waals surface area contributed by atoms with Gasteiger partial charge in [-0.2, -0.15) is 0 Å². The molecule has 0 aliphatic carbocycles. The first-order valence-corrected chi connectivity index (χ1v) is 11.7. The summed E-state index contributed by atoms with van der Waals surface area (Å²) in [6.07, 6.45) is 0.183. The maximum Gasteiger partial charge on any atom is 0.222 e. The monoisotopic (exact) mass is 469 g/mol. The van der Waals surface area contributed by atoms with E-state index in [9.17, 15) is 4.79 Å². The second-order valence-corrected chi connectivity index (χ2v) is 8.63. The minimum atomic E-state index is -0.481. The molecule has 1 aliphatic rings. The Labute approximate surface area is 203 Å². The highest BCUT2D eigenvalue weighted by Gasteiger charge is 2.29. The number of nitrogens with one attached hydrogen (secondary N) is 1. The molecule has 1 N–H and O–H groups in total. The Morgan fingerprint density at radius 2 is 1.71 bits per heavy atom. The number of hydrogen-bond acceptors (Lipinski definition) is 4. The minimum absolute atomic E-state index is 0.0742. The molecule has 1 unspecified atom stereocenters. The van der Waals surface area contributed by atoms with E-state index in [1.165, 1.54) is 0 Å². The van der Waals surface area contributed by atoms with Crippen LogP contribution < -0.4 is 5.32 Å². The van der Waals surface area contributed by atoms with Crippen molar-refractivity contribution in [2.75, 3.05) is 6.54 Å². The molecule has 0 saturated carbocycles. The summed E-state index contributed by atoms with van der Waals surface area (Å²) in [5.74, 6) is 1.33. The second-order valence-electron chi connectivity index (χ2n) is 8.20. The van der Waals surface area contributed by atoms with Crippen molar-refractivity contribution in [2.24, 2.45) is 4.99 Å². The molecule has 1 aliphatic heterocycles. The Bertz CT molecular complexity index is 1380. The number of fused-ring (bicyclic) bond motifs is 3. The van der Waals surface area contributed by atoms with Gasteiger partial charge in [-0.1, -0.05) is 60.1 Å². The summed E-state index contributed by atoms with van der Waals surface area (Å²) in [6, 6.07) is 23.7. The van der Waals surface area contributed by atoms with Crippen LogP contribution in [0.15, 0.2) is 77.8 Å². The lowest BCUT2D eigenvalue weighted by Crippen LogP contribution is -2.25. The number of aryl methyl sites for hydroxylation is 1. The lowest BCUT2D eigenvalue weighted by molar-refractivity contribution is -0.121. The van der Waals surface area contributed by atoms with Crippen LogP contribution in [0, 0.1) is 6.92 Å². The maximum absolute atomic E-state index is 12.6. The van der Waals surface area contributed by atoms with Gasteiger partial charge >= 0.3 is 0 Å². The van der Waals surface area contributed by atoms with E-state index < -0.39 is 6.04 Å². The van der Waals surface area contributed by atoms with Gasteiger partial charge in [0.25, 0.3) is 0 Å². The van der Waals surface area contributed by atoms with E-state index in [1.807, 2.05) is 60.9 Å². The molecule has 5 rings (SSSR count). The predicted octanol–water partition coefficient (Wildman–Crippen LogP) is 5.31. The van der Waals surface area contributed by atoms with E-state index in [2.05, 4.69) is 45.8 Å². The van der Waals surface area contributed by atoms with Crippen LogP contribution >= 0.6 is 11.6 Å². The molecule has 4 aromatic rings. The first kappa shape index (κ1) is 22.0. The molecule has 170 valence electrons. The number of aliphatic imine (C=N–C) groups is 1. The van der Waals surface area contributed by atoms with Crippen molar-refractivity contribution in [2.45, 2.75) is 26.3 Å². The fourth-order valence-corrected chi connectivity index (χ4v) is 4.45. The van der Waals surface area contributed by atoms with Gasteiger partial charge in [-0.05, 0) is 49.2 Å². The number of nitrogens with zero attached hydrogens (tertiary/aromatic N) is 4. The molecule has 1 atom stereocenters. The number of rotatable bonds is 5. The first-order valence-electron chi connectivity index (χ1n) is 11.3. The van der Waals surface area contributed by atoms with Crippen molar-refractivity contribution in [3.63, 3.8) is 0 Å². The molecule has 0 spiro atoms. The summed E-state index contributed by atoms with van der Waals surface area (Å²) in [5.41, 5.74) is 5.80. The number of benzene rings is 3. The lowest BCUT2D eigenvalue weighted by Gasteiger charge is -2.14. The number of amides is 1. The summed E-state index contributed by atoms with van der Waals surface area (Å²) >= 11 is 6.18. The van der Waals surface area contributed by atoms with Crippen LogP contribution in [0.1, 0.15) is 42.2 Å². The number of carbonyl (C=O) groups is 1. The molecule has 3 aromatic carbocycles. The molecule has 2 heterocycles. The summed E-state index contributed by atoms with van der Waals surface area (Å²) < 4.78 is 2.01. The average Bonchev–Trinajstić information content (AvgIpc) is 3.17. The van der Waals surface area contributed by atoms with Crippen LogP contribution in [0.25, 0.3) is 16.8 Å². The summed E-state index contributed by atoms with van der Waals surface area (Å²) in [5, 5.41) is 12.3. The maximum atomic E-state index is 12.6. The van der Waals surface area contributed by atoms with Gasteiger partial charge in [-0.15, -0.1) is 10.2 Å². The van der Waals surface area contributed by atoms with Gasteiger partial charge in [0, 0.05) is 22.7 Å². The molecular formula is C27H24ClN5O. The standard InChI is InChI=1S/C27H24ClN5O/c1-3-29-25(34)16-23-27-32-31-17(2)33(27)24-14-11-20(18-7-5-4-6-8-18)15-22(24)26(30-23)19-9-12-21(28)13-10-19/h4-15,23H,3,16H2,1-2H3,(H,29,34). The molecule has 0 fully saturated rings. The lowest BCUT2D eigenvalue weighted by atomic mass is 9.95. The third-order valence-electron chi connectivity index (χ3n) is 5.90. The molecule has 0 bridgehead atoms. The number of aromatic nitrogens is 3.